The molecule has 0 fully saturated rings. The molecule has 0 aliphatic carbocycles. The Kier molecular flexibility index (Phi) is 21.9. The maximum atomic E-state index is 11.5. The van der Waals surface area contributed by atoms with E-state index in [0.29, 0.717) is 46.1 Å². The molecule has 0 saturated carbocycles. The molecule has 0 aliphatic rings. The summed E-state index contributed by atoms with van der Waals surface area (Å²) in [6.07, 6.45) is -0.614. The van der Waals surface area contributed by atoms with Crippen molar-refractivity contribution in [3.8, 4) is 0 Å². The van der Waals surface area contributed by atoms with Crippen molar-refractivity contribution >= 4 is 42.7 Å². The van der Waals surface area contributed by atoms with Crippen LogP contribution in [0.3, 0.4) is 0 Å². The van der Waals surface area contributed by atoms with Gasteiger partial charge in [0.05, 0.1) is 32.8 Å². The van der Waals surface area contributed by atoms with Gasteiger partial charge < -0.3 is 36.1 Å². The van der Waals surface area contributed by atoms with Crippen LogP contribution < -0.4 is 16.4 Å². The van der Waals surface area contributed by atoms with E-state index in [-0.39, 0.29) is 31.2 Å². The van der Waals surface area contributed by atoms with Gasteiger partial charge in [-0.05, 0) is 0 Å². The van der Waals surface area contributed by atoms with Gasteiger partial charge in [0.25, 0.3) is 0 Å². The summed E-state index contributed by atoms with van der Waals surface area (Å²) in [7, 11) is 0. The first kappa shape index (κ1) is 28.6. The Labute approximate surface area is 158 Å². The first-order valence-electron chi connectivity index (χ1n) is 7.27. The van der Waals surface area contributed by atoms with E-state index in [9.17, 15) is 14.4 Å². The quantitative estimate of drug-likeness (QED) is 0.211. The summed E-state index contributed by atoms with van der Waals surface area (Å²) in [6.45, 7) is 3.20. The predicted molar refractivity (Wildman–Crippen MR) is 94.5 cm³/mol. The summed E-state index contributed by atoms with van der Waals surface area (Å²) < 4.78 is 10.4. The van der Waals surface area contributed by atoms with E-state index >= 15 is 0 Å². The molecule has 0 saturated heterocycles. The minimum Gasteiger partial charge on any atom is -0.481 e. The molecule has 150 valence electrons. The minimum atomic E-state index is -1.42. The highest BCUT2D eigenvalue weighted by atomic mass is 35.5. The Morgan fingerprint density at radius 1 is 0.960 bits per heavy atom. The standard InChI is InChI=1S/C13H25N3O7.2ClH/c14-2-5-22-7-8-23-6-4-15-3-1-11(17)16-10(13(20)21)9-12(18)19;;/h10,15H,1-9,14H2,(H,16,17)(H,18,19)(H,20,21);2*1H/t10-;;/m0../s1. The molecule has 0 heterocycles. The van der Waals surface area contributed by atoms with Gasteiger partial charge in [-0.15, -0.1) is 24.8 Å². The Bertz CT molecular complexity index is 376. The van der Waals surface area contributed by atoms with Crippen LogP contribution in [-0.2, 0) is 23.9 Å². The number of halogens is 2. The zero-order valence-corrected chi connectivity index (χ0v) is 15.4. The summed E-state index contributed by atoms with van der Waals surface area (Å²) in [4.78, 5) is 32.8. The van der Waals surface area contributed by atoms with Gasteiger partial charge in [-0.1, -0.05) is 0 Å². The number of hydrogen-bond donors (Lipinski definition) is 5. The van der Waals surface area contributed by atoms with Gasteiger partial charge in [0.1, 0.15) is 6.04 Å². The van der Waals surface area contributed by atoms with E-state index in [0.717, 1.165) is 0 Å². The van der Waals surface area contributed by atoms with Crippen molar-refractivity contribution in [3.05, 3.63) is 0 Å². The molecule has 0 aromatic rings. The van der Waals surface area contributed by atoms with E-state index in [1.807, 2.05) is 0 Å². The summed E-state index contributed by atoms with van der Waals surface area (Å²) in [6, 6.07) is -1.42. The van der Waals surface area contributed by atoms with Crippen LogP contribution in [0.15, 0.2) is 0 Å². The summed E-state index contributed by atoms with van der Waals surface area (Å²) in [5, 5.41) is 22.5. The second kappa shape index (κ2) is 19.2. The van der Waals surface area contributed by atoms with Gasteiger partial charge in [0, 0.05) is 26.1 Å². The SMILES string of the molecule is Cl.Cl.NCCOCCOCCNCCC(=O)N[C@@H](CC(=O)O)C(=O)O. The van der Waals surface area contributed by atoms with Crippen LogP contribution in [0.2, 0.25) is 0 Å². The molecule has 0 aliphatic heterocycles. The van der Waals surface area contributed by atoms with E-state index in [4.69, 9.17) is 25.4 Å². The van der Waals surface area contributed by atoms with Gasteiger partial charge in [0.2, 0.25) is 5.91 Å². The lowest BCUT2D eigenvalue weighted by Crippen LogP contribution is -2.43. The maximum absolute atomic E-state index is 11.5. The third kappa shape index (κ3) is 19.0. The molecule has 0 aromatic carbocycles. The molecule has 6 N–H and O–H groups in total. The molecule has 12 heteroatoms. The fourth-order valence-electron chi connectivity index (χ4n) is 1.52. The smallest absolute Gasteiger partial charge is 0.326 e. The number of hydrogen-bond acceptors (Lipinski definition) is 7. The molecule has 0 spiro atoms. The van der Waals surface area contributed by atoms with Crippen LogP contribution in [-0.4, -0.2) is 80.2 Å². The second-order valence-electron chi connectivity index (χ2n) is 4.57. The lowest BCUT2D eigenvalue weighted by Gasteiger charge is -2.12. The number of carbonyl (C=O) groups is 3. The first-order valence-corrected chi connectivity index (χ1v) is 7.27. The number of amides is 1. The molecule has 0 unspecified atom stereocenters. The molecular formula is C13H27Cl2N3O7. The largest absolute Gasteiger partial charge is 0.481 e. The zero-order chi connectivity index (χ0) is 17.5. The molecule has 0 aromatic heterocycles. The van der Waals surface area contributed by atoms with Crippen molar-refractivity contribution in [2.75, 3.05) is 46.1 Å². The van der Waals surface area contributed by atoms with Crippen LogP contribution in [0.5, 0.6) is 0 Å². The predicted octanol–water partition coefficient (Wildman–Crippen LogP) is -1.15. The van der Waals surface area contributed by atoms with Gasteiger partial charge in [-0.25, -0.2) is 4.79 Å². The van der Waals surface area contributed by atoms with E-state index in [2.05, 4.69) is 10.6 Å². The fraction of sp³-hybridized carbons (Fsp3) is 0.769. The number of ether oxygens (including phenoxy) is 2. The first-order chi connectivity index (χ1) is 11.0. The van der Waals surface area contributed by atoms with Crippen molar-refractivity contribution in [3.63, 3.8) is 0 Å². The zero-order valence-electron chi connectivity index (χ0n) is 13.8. The lowest BCUT2D eigenvalue weighted by molar-refractivity contribution is -0.147. The third-order valence-corrected chi connectivity index (χ3v) is 2.60. The lowest BCUT2D eigenvalue weighted by atomic mass is 10.2. The van der Waals surface area contributed by atoms with E-state index in [1.165, 1.54) is 0 Å². The number of carboxylic acid groups (broad SMARTS) is 2. The normalized spacial score (nSPS) is 10.9. The van der Waals surface area contributed by atoms with Crippen LogP contribution in [0, 0.1) is 0 Å². The number of aliphatic carboxylic acids is 2. The number of rotatable bonds is 15. The summed E-state index contributed by atoms with van der Waals surface area (Å²) in [5.74, 6) is -3.19. The third-order valence-electron chi connectivity index (χ3n) is 2.60. The van der Waals surface area contributed by atoms with Gasteiger partial charge in [-0.2, -0.15) is 0 Å². The fourth-order valence-corrected chi connectivity index (χ4v) is 1.52. The highest BCUT2D eigenvalue weighted by molar-refractivity contribution is 5.86. The minimum absolute atomic E-state index is 0. The summed E-state index contributed by atoms with van der Waals surface area (Å²) in [5.41, 5.74) is 5.25. The number of carbonyl (C=O) groups excluding carboxylic acids is 1. The van der Waals surface area contributed by atoms with E-state index in [1.54, 1.807) is 0 Å². The van der Waals surface area contributed by atoms with Crippen LogP contribution in [0.1, 0.15) is 12.8 Å². The topological polar surface area (TPSA) is 160 Å². The molecule has 0 rings (SSSR count). The summed E-state index contributed by atoms with van der Waals surface area (Å²) >= 11 is 0. The molecule has 10 nitrogen and oxygen atoms in total. The average molecular weight is 408 g/mol. The Morgan fingerprint density at radius 3 is 2.08 bits per heavy atom. The number of carboxylic acids is 2. The second-order valence-corrected chi connectivity index (χ2v) is 4.57. The Balaban J connectivity index is -0.00000242. The van der Waals surface area contributed by atoms with Crippen molar-refractivity contribution < 1.29 is 34.1 Å². The monoisotopic (exact) mass is 407 g/mol. The van der Waals surface area contributed by atoms with Crippen molar-refractivity contribution in [2.45, 2.75) is 18.9 Å². The molecule has 1 atom stereocenters. The van der Waals surface area contributed by atoms with E-state index < -0.39 is 30.3 Å². The van der Waals surface area contributed by atoms with Crippen LogP contribution >= 0.6 is 24.8 Å². The molecule has 25 heavy (non-hydrogen) atoms. The molecule has 0 bridgehead atoms. The highest BCUT2D eigenvalue weighted by Gasteiger charge is 2.22. The molecule has 0 radical (unpaired) electrons. The van der Waals surface area contributed by atoms with Crippen LogP contribution in [0.4, 0.5) is 0 Å². The van der Waals surface area contributed by atoms with Gasteiger partial charge in [-0.3, -0.25) is 9.59 Å². The van der Waals surface area contributed by atoms with Gasteiger partial charge in [0.15, 0.2) is 0 Å². The van der Waals surface area contributed by atoms with Crippen molar-refractivity contribution in [2.24, 2.45) is 5.73 Å². The number of nitrogens with two attached hydrogens (primary N) is 1. The Morgan fingerprint density at radius 2 is 1.56 bits per heavy atom. The number of nitrogens with one attached hydrogen (secondary N) is 2. The van der Waals surface area contributed by atoms with Crippen molar-refractivity contribution in [1.82, 2.24) is 10.6 Å². The molecule has 1 amide bonds. The molecular weight excluding hydrogens is 381 g/mol. The maximum Gasteiger partial charge on any atom is 0.326 e. The van der Waals surface area contributed by atoms with Crippen molar-refractivity contribution in [1.29, 1.82) is 0 Å². The Hall–Kier alpha value is -1.17. The van der Waals surface area contributed by atoms with Gasteiger partial charge >= 0.3 is 11.9 Å². The van der Waals surface area contributed by atoms with Crippen LogP contribution in [0.25, 0.3) is 0 Å². The highest BCUT2D eigenvalue weighted by Crippen LogP contribution is 1.94. The average Bonchev–Trinajstić information content (AvgIpc) is 2.48.